The maximum Gasteiger partial charge on any atom is 0.276 e. The van der Waals surface area contributed by atoms with Gasteiger partial charge in [0.1, 0.15) is 34.0 Å². The molecule has 1 spiro atoms. The number of aryl methyl sites for hydroxylation is 1. The van der Waals surface area contributed by atoms with Crippen LogP contribution >= 0.6 is 22.9 Å². The highest BCUT2D eigenvalue weighted by Crippen LogP contribution is 2.43. The lowest BCUT2D eigenvalue weighted by Crippen LogP contribution is -2.52. The molecule has 3 aromatic heterocycles. The fourth-order valence-corrected chi connectivity index (χ4v) is 6.89. The molecule has 2 aliphatic carbocycles. The molecule has 1 saturated carbocycles. The molecule has 1 atom stereocenters. The van der Waals surface area contributed by atoms with E-state index in [4.69, 9.17) is 16.3 Å². The van der Waals surface area contributed by atoms with E-state index in [1.54, 1.807) is 15.9 Å². The number of thiophene rings is 1. The van der Waals surface area contributed by atoms with Crippen molar-refractivity contribution < 1.29 is 9.53 Å². The zero-order valence-electron chi connectivity index (χ0n) is 18.2. The van der Waals surface area contributed by atoms with Crippen molar-refractivity contribution in [3.05, 3.63) is 43.9 Å². The van der Waals surface area contributed by atoms with Gasteiger partial charge in [-0.2, -0.15) is 0 Å². The molecule has 6 rings (SSSR count). The van der Waals surface area contributed by atoms with Crippen molar-refractivity contribution in [3.63, 3.8) is 0 Å². The third kappa shape index (κ3) is 3.20. The molecule has 3 aromatic rings. The summed E-state index contributed by atoms with van der Waals surface area (Å²) in [6.45, 7) is 3.53. The van der Waals surface area contributed by atoms with E-state index in [0.29, 0.717) is 17.4 Å². The summed E-state index contributed by atoms with van der Waals surface area (Å²) in [5, 5.41) is 7.44. The molecule has 0 aromatic carbocycles. The number of amides is 1. The molecule has 33 heavy (non-hydrogen) atoms. The first kappa shape index (κ1) is 21.1. The Balaban J connectivity index is 1.40. The summed E-state index contributed by atoms with van der Waals surface area (Å²) in [6.07, 6.45) is 6.89. The lowest BCUT2D eigenvalue weighted by Gasteiger charge is -2.39. The number of pyridine rings is 1. The van der Waals surface area contributed by atoms with Gasteiger partial charge < -0.3 is 15.4 Å². The fraction of sp³-hybridized carbons (Fsp3) is 0.478. The van der Waals surface area contributed by atoms with Crippen LogP contribution < -0.4 is 16.2 Å². The van der Waals surface area contributed by atoms with Crippen LogP contribution in [-0.2, 0) is 23.2 Å². The van der Waals surface area contributed by atoms with Gasteiger partial charge in [0, 0.05) is 18.1 Å². The maximum atomic E-state index is 13.5. The SMILES string of the molecule is CCOC[C@H]1CCc2c(sc3ncnc(Nc4cc(Cl)c5n(c4=O)C4(CCC4)NC5=O)c23)C1. The van der Waals surface area contributed by atoms with Crippen LogP contribution in [0.5, 0.6) is 0 Å². The summed E-state index contributed by atoms with van der Waals surface area (Å²) in [6, 6.07) is 1.54. The summed E-state index contributed by atoms with van der Waals surface area (Å²) in [7, 11) is 0. The second kappa shape index (κ2) is 7.78. The predicted octanol–water partition coefficient (Wildman–Crippen LogP) is 3.97. The van der Waals surface area contributed by atoms with Gasteiger partial charge in [0.25, 0.3) is 11.5 Å². The molecule has 0 unspecified atom stereocenters. The Hall–Kier alpha value is -2.49. The van der Waals surface area contributed by atoms with Gasteiger partial charge in [0.05, 0.1) is 10.4 Å². The first-order chi connectivity index (χ1) is 16.0. The molecule has 0 bridgehead atoms. The van der Waals surface area contributed by atoms with Gasteiger partial charge in [-0.05, 0) is 63.0 Å². The number of carbonyl (C=O) groups is 1. The molecule has 8 nitrogen and oxygen atoms in total. The highest BCUT2D eigenvalue weighted by atomic mass is 35.5. The van der Waals surface area contributed by atoms with Crippen LogP contribution in [0.1, 0.15) is 53.5 Å². The standard InChI is InChI=1S/C23H24ClN5O3S/c1-2-32-10-12-4-5-13-16(8-12)33-21-17(13)19(25-11-26-21)27-15-9-14(24)18-20(30)28-23(6-3-7-23)29(18)22(15)31/h9,11-12H,2-8,10H2,1H3,(H,28,30)(H,25,26,27)/t12-/m0/s1. The van der Waals surface area contributed by atoms with Crippen LogP contribution in [0.25, 0.3) is 10.2 Å². The zero-order valence-corrected chi connectivity index (χ0v) is 19.8. The molecule has 1 aliphatic heterocycles. The molecule has 4 heterocycles. The van der Waals surface area contributed by atoms with Crippen molar-refractivity contribution in [2.45, 2.75) is 51.1 Å². The van der Waals surface area contributed by atoms with Crippen LogP contribution in [0.3, 0.4) is 0 Å². The Labute approximate surface area is 199 Å². The van der Waals surface area contributed by atoms with Gasteiger partial charge in [0.2, 0.25) is 0 Å². The monoisotopic (exact) mass is 485 g/mol. The molecule has 10 heteroatoms. The molecule has 0 saturated heterocycles. The first-order valence-corrected chi connectivity index (χ1v) is 12.6. The molecular weight excluding hydrogens is 462 g/mol. The van der Waals surface area contributed by atoms with E-state index in [0.717, 1.165) is 62.0 Å². The van der Waals surface area contributed by atoms with Crippen LogP contribution in [0.2, 0.25) is 5.02 Å². The van der Waals surface area contributed by atoms with Crippen molar-refractivity contribution in [3.8, 4) is 0 Å². The Morgan fingerprint density at radius 3 is 2.97 bits per heavy atom. The third-order valence-corrected chi connectivity index (χ3v) is 8.53. The molecule has 1 fully saturated rings. The quantitative estimate of drug-likeness (QED) is 0.567. The van der Waals surface area contributed by atoms with Crippen LogP contribution in [-0.4, -0.2) is 33.7 Å². The summed E-state index contributed by atoms with van der Waals surface area (Å²) >= 11 is 8.17. The van der Waals surface area contributed by atoms with Gasteiger partial charge in [-0.25, -0.2) is 9.97 Å². The van der Waals surface area contributed by atoms with E-state index in [9.17, 15) is 9.59 Å². The van der Waals surface area contributed by atoms with E-state index >= 15 is 0 Å². The number of nitrogens with one attached hydrogen (secondary N) is 2. The minimum Gasteiger partial charge on any atom is -0.381 e. The Bertz CT molecular complexity index is 1350. The Kier molecular flexibility index (Phi) is 4.97. The number of nitrogens with zero attached hydrogens (tertiary/aromatic N) is 3. The highest BCUT2D eigenvalue weighted by molar-refractivity contribution is 7.19. The number of ether oxygens (including phenoxy) is 1. The molecule has 0 radical (unpaired) electrons. The normalized spacial score (nSPS) is 20.4. The average Bonchev–Trinajstić information content (AvgIpc) is 3.31. The molecule has 3 aliphatic rings. The van der Waals surface area contributed by atoms with Crippen molar-refractivity contribution in [1.29, 1.82) is 0 Å². The van der Waals surface area contributed by atoms with Crippen LogP contribution in [0.4, 0.5) is 11.5 Å². The summed E-state index contributed by atoms with van der Waals surface area (Å²) in [5.41, 5.74) is 0.901. The van der Waals surface area contributed by atoms with Gasteiger partial charge >= 0.3 is 0 Å². The Morgan fingerprint density at radius 2 is 2.21 bits per heavy atom. The minimum absolute atomic E-state index is 0.244. The third-order valence-electron chi connectivity index (χ3n) is 7.08. The van der Waals surface area contributed by atoms with Crippen LogP contribution in [0.15, 0.2) is 17.2 Å². The number of hydrogen-bond donors (Lipinski definition) is 2. The number of aromatic nitrogens is 3. The minimum atomic E-state index is -0.650. The number of anilines is 2. The molecule has 172 valence electrons. The van der Waals surface area contributed by atoms with Gasteiger partial charge in [-0.3, -0.25) is 14.2 Å². The van der Waals surface area contributed by atoms with Crippen molar-refractivity contribution in [2.75, 3.05) is 18.5 Å². The van der Waals surface area contributed by atoms with Crippen molar-refractivity contribution in [2.24, 2.45) is 5.92 Å². The first-order valence-electron chi connectivity index (χ1n) is 11.4. The lowest BCUT2D eigenvalue weighted by molar-refractivity contribution is 0.0790. The highest BCUT2D eigenvalue weighted by Gasteiger charge is 2.49. The molecule has 1 amide bonds. The van der Waals surface area contributed by atoms with Crippen molar-refractivity contribution in [1.82, 2.24) is 19.9 Å². The topological polar surface area (TPSA) is 98.1 Å². The van der Waals surface area contributed by atoms with Crippen LogP contribution in [0, 0.1) is 5.92 Å². The van der Waals surface area contributed by atoms with E-state index in [1.807, 2.05) is 6.92 Å². The number of carbonyl (C=O) groups excluding carboxylic acids is 1. The second-order valence-corrected chi connectivity index (χ2v) is 10.5. The summed E-state index contributed by atoms with van der Waals surface area (Å²) in [5.74, 6) is 0.828. The number of rotatable bonds is 5. The maximum absolute atomic E-state index is 13.5. The average molecular weight is 486 g/mol. The van der Waals surface area contributed by atoms with Crippen molar-refractivity contribution >= 4 is 50.6 Å². The molecular formula is C23H24ClN5O3S. The number of halogens is 1. The summed E-state index contributed by atoms with van der Waals surface area (Å²) in [4.78, 5) is 37.2. The van der Waals surface area contributed by atoms with Gasteiger partial charge in [-0.15, -0.1) is 11.3 Å². The Morgan fingerprint density at radius 1 is 1.36 bits per heavy atom. The number of hydrogen-bond acceptors (Lipinski definition) is 7. The second-order valence-electron chi connectivity index (χ2n) is 9.03. The van der Waals surface area contributed by atoms with E-state index in [-0.39, 0.29) is 22.2 Å². The van der Waals surface area contributed by atoms with E-state index < -0.39 is 5.66 Å². The lowest BCUT2D eigenvalue weighted by atomic mass is 9.85. The fourth-order valence-electron chi connectivity index (χ4n) is 5.31. The number of fused-ring (bicyclic) bond motifs is 5. The van der Waals surface area contributed by atoms with E-state index in [2.05, 4.69) is 20.6 Å². The van der Waals surface area contributed by atoms with Gasteiger partial charge in [-0.1, -0.05) is 11.6 Å². The largest absolute Gasteiger partial charge is 0.381 e. The molecule has 2 N–H and O–H groups in total. The summed E-state index contributed by atoms with van der Waals surface area (Å²) < 4.78 is 7.19. The van der Waals surface area contributed by atoms with E-state index in [1.165, 1.54) is 22.8 Å². The zero-order chi connectivity index (χ0) is 22.7. The predicted molar refractivity (Wildman–Crippen MR) is 128 cm³/mol. The van der Waals surface area contributed by atoms with Gasteiger partial charge in [0.15, 0.2) is 0 Å². The smallest absolute Gasteiger partial charge is 0.276 e.